The predicted molar refractivity (Wildman–Crippen MR) is 60.9 cm³/mol. The highest BCUT2D eigenvalue weighted by atomic mass is 28.2. The summed E-state index contributed by atoms with van der Waals surface area (Å²) >= 11 is 0. The van der Waals surface area contributed by atoms with Gasteiger partial charge in [0.05, 0.1) is 0 Å². The van der Waals surface area contributed by atoms with Gasteiger partial charge in [0.25, 0.3) is 0 Å². The molecule has 0 spiro atoms. The second-order valence-electron chi connectivity index (χ2n) is 3.13. The maximum absolute atomic E-state index is 2.48. The lowest BCUT2D eigenvalue weighted by Crippen LogP contribution is -1.89. The highest BCUT2D eigenvalue weighted by Crippen LogP contribution is 1.93. The van der Waals surface area contributed by atoms with Crippen molar-refractivity contribution in [3.05, 3.63) is 23.0 Å². The number of hydrogen-bond acceptors (Lipinski definition) is 0. The normalized spacial score (nSPS) is 12.6. The Hall–Kier alpha value is -0.0862. The Morgan fingerprint density at radius 2 is 1.82 bits per heavy atom. The van der Waals surface area contributed by atoms with Crippen LogP contribution < -0.4 is 0 Å². The Morgan fingerprint density at radius 1 is 1.18 bits per heavy atom. The van der Waals surface area contributed by atoms with E-state index < -0.39 is 0 Å². The third-order valence-corrected chi connectivity index (χ3v) is 6.34. The van der Waals surface area contributed by atoms with Gasteiger partial charge in [-0.3, -0.25) is 0 Å². The Kier molecular flexibility index (Phi) is 7.95. The van der Waals surface area contributed by atoms with Crippen LogP contribution in [0, 0.1) is 0 Å². The molecule has 0 radical (unpaired) electrons. The topological polar surface area (TPSA) is 0 Å². The predicted octanol–water partition coefficient (Wildman–Crippen LogP) is 1.62. The van der Waals surface area contributed by atoms with Crippen LogP contribution >= 0.6 is 0 Å². The van der Waals surface area contributed by atoms with Crippen molar-refractivity contribution in [1.29, 1.82) is 0 Å². The summed E-state index contributed by atoms with van der Waals surface area (Å²) in [7, 11) is 0.366. The summed E-state index contributed by atoms with van der Waals surface area (Å²) in [5, 5.41) is 0. The quantitative estimate of drug-likeness (QED) is 0.450. The molecule has 0 heterocycles. The fraction of sp³-hybridized carbons (Fsp3) is 0.556. The van der Waals surface area contributed by atoms with E-state index >= 15 is 0 Å². The summed E-state index contributed by atoms with van der Waals surface area (Å²) in [4.78, 5) is 0. The number of rotatable bonds is 5. The van der Waals surface area contributed by atoms with Crippen molar-refractivity contribution in [3.63, 3.8) is 0 Å². The van der Waals surface area contributed by atoms with Crippen molar-refractivity contribution < 1.29 is 0 Å². The zero-order valence-corrected chi connectivity index (χ0v) is 10.9. The molecule has 0 rings (SSSR count). The second-order valence-corrected chi connectivity index (χ2v) is 6.58. The average molecular weight is 184 g/mol. The van der Waals surface area contributed by atoms with Gasteiger partial charge in [-0.2, -0.15) is 0 Å². The van der Waals surface area contributed by atoms with Crippen LogP contribution in [0.3, 0.4) is 0 Å². The third-order valence-electron chi connectivity index (χ3n) is 1.61. The van der Waals surface area contributed by atoms with Crippen LogP contribution in [0.15, 0.2) is 23.0 Å². The standard InChI is InChI=1S/C9H20Si2/c1-4-5-10-6-7-11-8-9(2)3/h4-5,8H,6-7,10-11H2,1-3H3. The van der Waals surface area contributed by atoms with Crippen LogP contribution in [-0.4, -0.2) is 19.0 Å². The largest absolute Gasteiger partial charge is 0.106 e. The lowest BCUT2D eigenvalue weighted by atomic mass is 10.4. The maximum atomic E-state index is 2.48. The van der Waals surface area contributed by atoms with E-state index in [9.17, 15) is 0 Å². The molecule has 0 aliphatic carbocycles. The fourth-order valence-electron chi connectivity index (χ4n) is 0.964. The zero-order valence-electron chi connectivity index (χ0n) is 8.06. The van der Waals surface area contributed by atoms with Crippen molar-refractivity contribution in [3.8, 4) is 0 Å². The summed E-state index contributed by atoms with van der Waals surface area (Å²) in [6.07, 6.45) is 2.20. The minimum absolute atomic E-state index is 0.175. The van der Waals surface area contributed by atoms with Gasteiger partial charge in [-0.15, -0.1) is 11.4 Å². The van der Waals surface area contributed by atoms with E-state index in [2.05, 4.69) is 38.2 Å². The second kappa shape index (κ2) is 8.01. The highest BCUT2D eigenvalue weighted by Gasteiger charge is 1.85. The smallest absolute Gasteiger partial charge is 0.0450 e. The van der Waals surface area contributed by atoms with Crippen LogP contribution in [0.5, 0.6) is 0 Å². The molecule has 0 fully saturated rings. The molecule has 0 unspecified atom stereocenters. The van der Waals surface area contributed by atoms with Crippen LogP contribution in [0.25, 0.3) is 0 Å². The Bertz CT molecular complexity index is 132. The minimum atomic E-state index is 0.175. The molecule has 0 aromatic rings. The molecule has 0 saturated heterocycles. The monoisotopic (exact) mass is 184 g/mol. The lowest BCUT2D eigenvalue weighted by Gasteiger charge is -1.92. The first-order valence-corrected chi connectivity index (χ1v) is 8.15. The molecule has 0 N–H and O–H groups in total. The van der Waals surface area contributed by atoms with Crippen LogP contribution in [-0.2, 0) is 0 Å². The molecule has 0 amide bonds. The van der Waals surface area contributed by atoms with Gasteiger partial charge in [0.15, 0.2) is 0 Å². The molecule has 64 valence electrons. The van der Waals surface area contributed by atoms with E-state index in [1.54, 1.807) is 0 Å². The Labute approximate surface area is 75.4 Å². The van der Waals surface area contributed by atoms with E-state index in [-0.39, 0.29) is 19.0 Å². The van der Waals surface area contributed by atoms with E-state index in [1.165, 1.54) is 17.7 Å². The minimum Gasteiger partial charge on any atom is -0.106 e. The first-order valence-electron chi connectivity index (χ1n) is 4.52. The molecule has 0 aromatic carbocycles. The summed E-state index contributed by atoms with van der Waals surface area (Å²) in [6.45, 7) is 6.53. The van der Waals surface area contributed by atoms with Crippen LogP contribution in [0.2, 0.25) is 12.1 Å². The third kappa shape index (κ3) is 9.91. The van der Waals surface area contributed by atoms with Gasteiger partial charge in [0, 0.05) is 19.0 Å². The van der Waals surface area contributed by atoms with Crippen LogP contribution in [0.1, 0.15) is 20.8 Å². The first kappa shape index (κ1) is 10.9. The molecular formula is C9H20Si2. The lowest BCUT2D eigenvalue weighted by molar-refractivity contribution is 1.39. The fourth-order valence-corrected chi connectivity index (χ4v) is 4.62. The van der Waals surface area contributed by atoms with Gasteiger partial charge in [-0.05, 0) is 20.8 Å². The van der Waals surface area contributed by atoms with E-state index in [1.807, 2.05) is 0 Å². The van der Waals surface area contributed by atoms with Gasteiger partial charge in [0.2, 0.25) is 0 Å². The summed E-state index contributed by atoms with van der Waals surface area (Å²) in [6, 6.07) is 3.06. The van der Waals surface area contributed by atoms with Gasteiger partial charge in [0.1, 0.15) is 0 Å². The molecule has 11 heavy (non-hydrogen) atoms. The highest BCUT2D eigenvalue weighted by molar-refractivity contribution is 6.48. The Balaban J connectivity index is 3.09. The molecule has 0 nitrogen and oxygen atoms in total. The van der Waals surface area contributed by atoms with E-state index in [4.69, 9.17) is 0 Å². The molecule has 0 saturated carbocycles. The van der Waals surface area contributed by atoms with Gasteiger partial charge < -0.3 is 0 Å². The molecule has 0 aliphatic rings. The zero-order chi connectivity index (χ0) is 8.53. The SMILES string of the molecule is CC=C[SiH2]CC[SiH2]C=C(C)C. The average Bonchev–Trinajstić information content (AvgIpc) is 1.96. The molecule has 0 atom stereocenters. The van der Waals surface area contributed by atoms with Gasteiger partial charge in [-0.1, -0.05) is 23.7 Å². The summed E-state index contributed by atoms with van der Waals surface area (Å²) in [5.74, 6) is 0. The summed E-state index contributed by atoms with van der Waals surface area (Å²) < 4.78 is 0. The molecule has 2 heteroatoms. The van der Waals surface area contributed by atoms with Crippen molar-refractivity contribution in [2.45, 2.75) is 32.9 Å². The molecule has 0 aliphatic heterocycles. The molecule has 0 aromatic heterocycles. The summed E-state index contributed by atoms with van der Waals surface area (Å²) in [5.41, 5.74) is 6.39. The van der Waals surface area contributed by atoms with Crippen molar-refractivity contribution in [2.75, 3.05) is 0 Å². The van der Waals surface area contributed by atoms with E-state index in [0.29, 0.717) is 0 Å². The number of allylic oxidation sites excluding steroid dienone is 2. The van der Waals surface area contributed by atoms with E-state index in [0.717, 1.165) is 0 Å². The van der Waals surface area contributed by atoms with Crippen molar-refractivity contribution in [1.82, 2.24) is 0 Å². The Morgan fingerprint density at radius 3 is 2.36 bits per heavy atom. The van der Waals surface area contributed by atoms with Crippen LogP contribution in [0.4, 0.5) is 0 Å². The molecular weight excluding hydrogens is 164 g/mol. The maximum Gasteiger partial charge on any atom is 0.0450 e. The van der Waals surface area contributed by atoms with Crippen molar-refractivity contribution in [2.24, 2.45) is 0 Å². The van der Waals surface area contributed by atoms with Gasteiger partial charge in [-0.25, -0.2) is 0 Å². The molecule has 0 bridgehead atoms. The van der Waals surface area contributed by atoms with Gasteiger partial charge >= 0.3 is 0 Å². The first-order chi connectivity index (χ1) is 5.27. The van der Waals surface area contributed by atoms with Crippen molar-refractivity contribution >= 4 is 19.0 Å². The number of hydrogen-bond donors (Lipinski definition) is 0.